The normalized spacial score (nSPS) is 41.4. The van der Waals surface area contributed by atoms with Gasteiger partial charge in [-0.25, -0.2) is 0 Å². The van der Waals surface area contributed by atoms with Crippen molar-refractivity contribution in [1.29, 1.82) is 0 Å². The van der Waals surface area contributed by atoms with E-state index in [1.807, 2.05) is 12.1 Å². The van der Waals surface area contributed by atoms with Crippen LogP contribution in [-0.4, -0.2) is 5.11 Å². The summed E-state index contributed by atoms with van der Waals surface area (Å²) < 4.78 is 0. The molecule has 2 nitrogen and oxygen atoms in total. The van der Waals surface area contributed by atoms with Crippen molar-refractivity contribution in [2.24, 2.45) is 28.9 Å². The van der Waals surface area contributed by atoms with Gasteiger partial charge in [0, 0.05) is 6.04 Å². The van der Waals surface area contributed by atoms with Crippen LogP contribution < -0.4 is 5.73 Å². The number of benzene rings is 1. The maximum Gasteiger partial charge on any atom is 0.115 e. The number of rotatable bonds is 2. The van der Waals surface area contributed by atoms with E-state index < -0.39 is 0 Å². The Balaban J connectivity index is 1.68. The summed E-state index contributed by atoms with van der Waals surface area (Å²) in [5, 5.41) is 9.69. The highest BCUT2D eigenvalue weighted by molar-refractivity contribution is 5.31. The molecule has 1 aromatic rings. The summed E-state index contributed by atoms with van der Waals surface area (Å²) >= 11 is 0. The fraction of sp³-hybridized carbons (Fsp3) is 0.647. The number of hydrogen-bond donors (Lipinski definition) is 2. The Labute approximate surface area is 115 Å². The lowest BCUT2D eigenvalue weighted by atomic mass is 9.47. The lowest BCUT2D eigenvalue weighted by Gasteiger charge is -2.59. The summed E-state index contributed by atoms with van der Waals surface area (Å²) in [5.74, 6) is 3.12. The third-order valence-electron chi connectivity index (χ3n) is 5.97. The molecule has 102 valence electrons. The first-order valence-corrected chi connectivity index (χ1v) is 7.69. The summed E-state index contributed by atoms with van der Waals surface area (Å²) in [6, 6.07) is 7.71. The Morgan fingerprint density at radius 1 is 1.05 bits per heavy atom. The Hall–Kier alpha value is -1.02. The van der Waals surface area contributed by atoms with E-state index in [9.17, 15) is 5.11 Å². The molecule has 3 N–H and O–H groups in total. The van der Waals surface area contributed by atoms with E-state index in [2.05, 4.69) is 6.07 Å². The standard InChI is InChI=1S/C17H23NO/c18-16(14-2-1-3-15(19)7-14)17-8-11-4-12(9-17)6-13(5-11)10-17/h1-3,7,11-13,16,19H,4-6,8-10,18H2. The zero-order valence-electron chi connectivity index (χ0n) is 11.4. The van der Waals surface area contributed by atoms with Gasteiger partial charge in [-0.05, 0) is 79.4 Å². The van der Waals surface area contributed by atoms with Gasteiger partial charge in [-0.1, -0.05) is 12.1 Å². The predicted molar refractivity (Wildman–Crippen MR) is 75.6 cm³/mol. The van der Waals surface area contributed by atoms with Crippen LogP contribution in [0.15, 0.2) is 24.3 Å². The fourth-order valence-corrected chi connectivity index (χ4v) is 5.63. The second kappa shape index (κ2) is 3.99. The molecule has 1 atom stereocenters. The molecular weight excluding hydrogens is 234 g/mol. The predicted octanol–water partition coefficient (Wildman–Crippen LogP) is 3.61. The molecule has 5 rings (SSSR count). The minimum absolute atomic E-state index is 0.105. The van der Waals surface area contributed by atoms with Crippen molar-refractivity contribution >= 4 is 0 Å². The number of aromatic hydroxyl groups is 1. The van der Waals surface area contributed by atoms with Crippen LogP contribution in [0.25, 0.3) is 0 Å². The van der Waals surface area contributed by atoms with Gasteiger partial charge in [-0.3, -0.25) is 0 Å². The van der Waals surface area contributed by atoms with Gasteiger partial charge in [0.1, 0.15) is 5.75 Å². The third kappa shape index (κ3) is 1.80. The maximum absolute atomic E-state index is 9.69. The fourth-order valence-electron chi connectivity index (χ4n) is 5.63. The van der Waals surface area contributed by atoms with Crippen LogP contribution in [0.1, 0.15) is 50.1 Å². The largest absolute Gasteiger partial charge is 0.508 e. The molecule has 4 aliphatic rings. The van der Waals surface area contributed by atoms with E-state index in [1.54, 1.807) is 6.07 Å². The molecule has 0 amide bonds. The SMILES string of the molecule is NC(c1cccc(O)c1)C12CC3CC(CC(C3)C1)C2. The average Bonchev–Trinajstić information content (AvgIpc) is 2.36. The van der Waals surface area contributed by atoms with Crippen molar-refractivity contribution in [3.8, 4) is 5.75 Å². The highest BCUT2D eigenvalue weighted by Crippen LogP contribution is 2.63. The molecule has 0 aliphatic heterocycles. The number of nitrogens with two attached hydrogens (primary N) is 1. The van der Waals surface area contributed by atoms with Crippen LogP contribution >= 0.6 is 0 Å². The van der Waals surface area contributed by atoms with Crippen LogP contribution in [0.4, 0.5) is 0 Å². The third-order valence-corrected chi connectivity index (χ3v) is 5.97. The zero-order valence-corrected chi connectivity index (χ0v) is 11.4. The van der Waals surface area contributed by atoms with Crippen LogP contribution in [-0.2, 0) is 0 Å². The van der Waals surface area contributed by atoms with Crippen molar-refractivity contribution in [3.63, 3.8) is 0 Å². The highest BCUT2D eigenvalue weighted by Gasteiger charge is 2.53. The van der Waals surface area contributed by atoms with Gasteiger partial charge in [0.05, 0.1) is 0 Å². The molecule has 4 aliphatic carbocycles. The van der Waals surface area contributed by atoms with Crippen molar-refractivity contribution in [3.05, 3.63) is 29.8 Å². The number of phenolic OH excluding ortho intramolecular Hbond substituents is 1. The van der Waals surface area contributed by atoms with E-state index >= 15 is 0 Å². The summed E-state index contributed by atoms with van der Waals surface area (Å²) in [4.78, 5) is 0. The lowest BCUT2D eigenvalue weighted by molar-refractivity contribution is -0.0677. The van der Waals surface area contributed by atoms with E-state index in [-0.39, 0.29) is 6.04 Å². The Bertz CT molecular complexity index is 461. The van der Waals surface area contributed by atoms with Crippen molar-refractivity contribution in [2.45, 2.75) is 44.6 Å². The highest BCUT2D eigenvalue weighted by atomic mass is 16.3. The van der Waals surface area contributed by atoms with E-state index in [0.717, 1.165) is 23.3 Å². The van der Waals surface area contributed by atoms with E-state index in [4.69, 9.17) is 5.73 Å². The van der Waals surface area contributed by atoms with Crippen LogP contribution in [0.5, 0.6) is 5.75 Å². The molecule has 19 heavy (non-hydrogen) atoms. The van der Waals surface area contributed by atoms with Gasteiger partial charge >= 0.3 is 0 Å². The second-order valence-corrected chi connectivity index (χ2v) is 7.35. The van der Waals surface area contributed by atoms with Crippen molar-refractivity contribution in [1.82, 2.24) is 0 Å². The molecule has 4 saturated carbocycles. The second-order valence-electron chi connectivity index (χ2n) is 7.35. The average molecular weight is 257 g/mol. The molecule has 2 heteroatoms. The summed E-state index contributed by atoms with van der Waals surface area (Å²) in [6.07, 6.45) is 8.30. The smallest absolute Gasteiger partial charge is 0.115 e. The van der Waals surface area contributed by atoms with E-state index in [0.29, 0.717) is 11.2 Å². The molecule has 0 aromatic heterocycles. The van der Waals surface area contributed by atoms with Crippen LogP contribution in [0.3, 0.4) is 0 Å². The quantitative estimate of drug-likeness (QED) is 0.850. The van der Waals surface area contributed by atoms with Crippen molar-refractivity contribution < 1.29 is 5.11 Å². The topological polar surface area (TPSA) is 46.2 Å². The monoisotopic (exact) mass is 257 g/mol. The zero-order chi connectivity index (χ0) is 13.0. The first-order valence-electron chi connectivity index (χ1n) is 7.69. The van der Waals surface area contributed by atoms with Gasteiger partial charge in [-0.15, -0.1) is 0 Å². The van der Waals surface area contributed by atoms with Crippen LogP contribution in [0.2, 0.25) is 0 Å². The first kappa shape index (κ1) is 11.8. The van der Waals surface area contributed by atoms with Gasteiger partial charge in [0.25, 0.3) is 0 Å². The molecule has 1 aromatic carbocycles. The lowest BCUT2D eigenvalue weighted by Crippen LogP contribution is -2.50. The van der Waals surface area contributed by atoms with Crippen molar-refractivity contribution in [2.75, 3.05) is 0 Å². The maximum atomic E-state index is 9.69. The van der Waals surface area contributed by atoms with Gasteiger partial charge in [0.15, 0.2) is 0 Å². The Morgan fingerprint density at radius 2 is 1.63 bits per heavy atom. The Morgan fingerprint density at radius 3 is 2.16 bits per heavy atom. The molecule has 0 spiro atoms. The minimum atomic E-state index is 0.105. The molecule has 4 fully saturated rings. The minimum Gasteiger partial charge on any atom is -0.508 e. The first-order chi connectivity index (χ1) is 9.14. The molecule has 4 bridgehead atoms. The molecule has 0 saturated heterocycles. The molecule has 1 unspecified atom stereocenters. The van der Waals surface area contributed by atoms with E-state index in [1.165, 1.54) is 38.5 Å². The van der Waals surface area contributed by atoms with Gasteiger partial charge < -0.3 is 10.8 Å². The molecule has 0 heterocycles. The van der Waals surface area contributed by atoms with Gasteiger partial charge in [0.2, 0.25) is 0 Å². The summed E-state index contributed by atoms with van der Waals surface area (Å²) in [6.45, 7) is 0. The Kier molecular flexibility index (Phi) is 2.47. The van der Waals surface area contributed by atoms with Crippen LogP contribution in [0, 0.1) is 23.2 Å². The molecule has 0 radical (unpaired) electrons. The summed E-state index contributed by atoms with van der Waals surface area (Å²) in [5.41, 5.74) is 8.10. The number of phenols is 1. The molecular formula is C17H23NO. The van der Waals surface area contributed by atoms with Gasteiger partial charge in [-0.2, -0.15) is 0 Å². The number of hydrogen-bond acceptors (Lipinski definition) is 2. The summed E-state index contributed by atoms with van der Waals surface area (Å²) in [7, 11) is 0.